The summed E-state index contributed by atoms with van der Waals surface area (Å²) in [6, 6.07) is 0.638. The molecule has 1 aliphatic rings. The van der Waals surface area contributed by atoms with E-state index in [1.165, 1.54) is 30.8 Å². The van der Waals surface area contributed by atoms with Gasteiger partial charge in [0.1, 0.15) is 5.82 Å². The van der Waals surface area contributed by atoms with Crippen molar-refractivity contribution in [3.05, 3.63) is 5.82 Å². The third kappa shape index (κ3) is 2.77. The SMILES string of the molecule is CC(C)(C)c1nsc(N(CCN)C2CCC2)n1. The van der Waals surface area contributed by atoms with E-state index in [1.807, 2.05) is 0 Å². The van der Waals surface area contributed by atoms with Gasteiger partial charge in [0, 0.05) is 36.1 Å². The van der Waals surface area contributed by atoms with Gasteiger partial charge in [0.2, 0.25) is 5.13 Å². The Morgan fingerprint density at radius 1 is 1.41 bits per heavy atom. The van der Waals surface area contributed by atoms with Crippen molar-refractivity contribution >= 4 is 16.7 Å². The van der Waals surface area contributed by atoms with Crippen molar-refractivity contribution < 1.29 is 0 Å². The average Bonchev–Trinajstić information content (AvgIpc) is 2.61. The fourth-order valence-electron chi connectivity index (χ4n) is 1.91. The summed E-state index contributed by atoms with van der Waals surface area (Å²) in [4.78, 5) is 7.02. The molecule has 0 aliphatic heterocycles. The molecule has 1 fully saturated rings. The van der Waals surface area contributed by atoms with Gasteiger partial charge in [-0.3, -0.25) is 0 Å². The first-order chi connectivity index (χ1) is 8.02. The van der Waals surface area contributed by atoms with Gasteiger partial charge in [-0.1, -0.05) is 20.8 Å². The minimum atomic E-state index is 0.0305. The predicted octanol–water partition coefficient (Wildman–Crippen LogP) is 2.15. The highest BCUT2D eigenvalue weighted by Gasteiger charge is 2.28. The van der Waals surface area contributed by atoms with Crippen molar-refractivity contribution in [1.82, 2.24) is 9.36 Å². The van der Waals surface area contributed by atoms with Gasteiger partial charge >= 0.3 is 0 Å². The Kier molecular flexibility index (Phi) is 3.68. The molecular formula is C12H22N4S. The lowest BCUT2D eigenvalue weighted by Gasteiger charge is -2.37. The van der Waals surface area contributed by atoms with Crippen molar-refractivity contribution in [3.8, 4) is 0 Å². The highest BCUT2D eigenvalue weighted by Crippen LogP contribution is 2.32. The van der Waals surface area contributed by atoms with Crippen LogP contribution in [0, 0.1) is 0 Å². The van der Waals surface area contributed by atoms with E-state index in [0.717, 1.165) is 17.5 Å². The Morgan fingerprint density at radius 3 is 2.53 bits per heavy atom. The van der Waals surface area contributed by atoms with Crippen molar-refractivity contribution in [3.63, 3.8) is 0 Å². The molecule has 1 aromatic rings. The van der Waals surface area contributed by atoms with E-state index < -0.39 is 0 Å². The molecule has 2 rings (SSSR count). The van der Waals surface area contributed by atoms with Crippen molar-refractivity contribution in [2.45, 2.75) is 51.5 Å². The van der Waals surface area contributed by atoms with Crippen LogP contribution in [0.15, 0.2) is 0 Å². The lowest BCUT2D eigenvalue weighted by molar-refractivity contribution is 0.387. The number of nitrogens with zero attached hydrogens (tertiary/aromatic N) is 3. The highest BCUT2D eigenvalue weighted by molar-refractivity contribution is 7.09. The smallest absolute Gasteiger partial charge is 0.205 e. The van der Waals surface area contributed by atoms with E-state index in [4.69, 9.17) is 5.73 Å². The molecular weight excluding hydrogens is 232 g/mol. The molecule has 0 bridgehead atoms. The zero-order valence-corrected chi connectivity index (χ0v) is 11.8. The van der Waals surface area contributed by atoms with E-state index in [2.05, 4.69) is 35.0 Å². The number of anilines is 1. The molecule has 0 saturated heterocycles. The fourth-order valence-corrected chi connectivity index (χ4v) is 2.86. The molecule has 0 amide bonds. The molecule has 1 saturated carbocycles. The zero-order chi connectivity index (χ0) is 12.5. The lowest BCUT2D eigenvalue weighted by atomic mass is 9.92. The van der Waals surface area contributed by atoms with Gasteiger partial charge in [-0.05, 0) is 19.3 Å². The molecule has 0 spiro atoms. The molecule has 96 valence electrons. The predicted molar refractivity (Wildman–Crippen MR) is 72.6 cm³/mol. The maximum Gasteiger partial charge on any atom is 0.205 e. The van der Waals surface area contributed by atoms with Gasteiger partial charge in [-0.2, -0.15) is 4.37 Å². The standard InChI is InChI=1S/C12H22N4S/c1-12(2,3)10-14-11(17-15-10)16(8-7-13)9-5-4-6-9/h9H,4-8,13H2,1-3H3. The summed E-state index contributed by atoms with van der Waals surface area (Å²) in [5, 5.41) is 1.05. The molecule has 4 nitrogen and oxygen atoms in total. The van der Waals surface area contributed by atoms with Gasteiger partial charge in [0.05, 0.1) is 0 Å². The maximum absolute atomic E-state index is 5.69. The molecule has 0 unspecified atom stereocenters. The summed E-state index contributed by atoms with van der Waals surface area (Å²) in [7, 11) is 0. The topological polar surface area (TPSA) is 55.0 Å². The molecule has 0 aromatic carbocycles. The zero-order valence-electron chi connectivity index (χ0n) is 10.9. The summed E-state index contributed by atoms with van der Waals surface area (Å²) in [5.41, 5.74) is 5.72. The summed E-state index contributed by atoms with van der Waals surface area (Å²) in [6.07, 6.45) is 3.87. The van der Waals surface area contributed by atoms with Crippen LogP contribution < -0.4 is 10.6 Å². The second-order valence-corrected chi connectivity index (χ2v) is 6.45. The summed E-state index contributed by atoms with van der Waals surface area (Å²) >= 11 is 1.51. The van der Waals surface area contributed by atoms with Crippen LogP contribution in [0.2, 0.25) is 0 Å². The summed E-state index contributed by atoms with van der Waals surface area (Å²) in [6.45, 7) is 8.02. The summed E-state index contributed by atoms with van der Waals surface area (Å²) < 4.78 is 4.48. The molecule has 1 heterocycles. The first-order valence-corrected chi connectivity index (χ1v) is 7.10. The molecule has 0 radical (unpaired) electrons. The maximum atomic E-state index is 5.69. The van der Waals surface area contributed by atoms with Crippen LogP contribution in [-0.2, 0) is 5.41 Å². The van der Waals surface area contributed by atoms with Crippen LogP contribution in [-0.4, -0.2) is 28.5 Å². The van der Waals surface area contributed by atoms with Gasteiger partial charge in [0.25, 0.3) is 0 Å². The van der Waals surface area contributed by atoms with E-state index in [1.54, 1.807) is 0 Å². The molecule has 1 aliphatic carbocycles. The van der Waals surface area contributed by atoms with Crippen LogP contribution in [0.4, 0.5) is 5.13 Å². The monoisotopic (exact) mass is 254 g/mol. The fraction of sp³-hybridized carbons (Fsp3) is 0.833. The van der Waals surface area contributed by atoms with E-state index in [0.29, 0.717) is 12.6 Å². The number of hydrogen-bond acceptors (Lipinski definition) is 5. The van der Waals surface area contributed by atoms with E-state index in [9.17, 15) is 0 Å². The lowest BCUT2D eigenvalue weighted by Crippen LogP contribution is -2.43. The van der Waals surface area contributed by atoms with Gasteiger partial charge in [-0.15, -0.1) is 0 Å². The van der Waals surface area contributed by atoms with Crippen LogP contribution in [0.3, 0.4) is 0 Å². The number of nitrogens with two attached hydrogens (primary N) is 1. The third-order valence-corrected chi connectivity index (χ3v) is 3.97. The Balaban J connectivity index is 2.15. The molecule has 0 atom stereocenters. The van der Waals surface area contributed by atoms with Crippen LogP contribution in [0.25, 0.3) is 0 Å². The van der Waals surface area contributed by atoms with Crippen LogP contribution in [0.1, 0.15) is 45.9 Å². The van der Waals surface area contributed by atoms with Crippen molar-refractivity contribution in [2.75, 3.05) is 18.0 Å². The van der Waals surface area contributed by atoms with E-state index in [-0.39, 0.29) is 5.41 Å². The second-order valence-electron chi connectivity index (χ2n) is 5.72. The molecule has 2 N–H and O–H groups in total. The molecule has 5 heteroatoms. The minimum absolute atomic E-state index is 0.0305. The van der Waals surface area contributed by atoms with Gasteiger partial charge < -0.3 is 10.6 Å². The van der Waals surface area contributed by atoms with Gasteiger partial charge in [0.15, 0.2) is 0 Å². The van der Waals surface area contributed by atoms with E-state index >= 15 is 0 Å². The molecule has 1 aromatic heterocycles. The molecule has 17 heavy (non-hydrogen) atoms. The Bertz CT molecular complexity index is 365. The number of rotatable bonds is 4. The largest absolute Gasteiger partial charge is 0.343 e. The highest BCUT2D eigenvalue weighted by atomic mass is 32.1. The number of hydrogen-bond donors (Lipinski definition) is 1. The second kappa shape index (κ2) is 4.90. The normalized spacial score (nSPS) is 16.9. The van der Waals surface area contributed by atoms with Crippen LogP contribution in [0.5, 0.6) is 0 Å². The van der Waals surface area contributed by atoms with Gasteiger partial charge in [-0.25, -0.2) is 4.98 Å². The van der Waals surface area contributed by atoms with Crippen molar-refractivity contribution in [1.29, 1.82) is 0 Å². The Morgan fingerprint density at radius 2 is 2.12 bits per heavy atom. The average molecular weight is 254 g/mol. The number of aromatic nitrogens is 2. The Labute approximate surface area is 107 Å². The minimum Gasteiger partial charge on any atom is -0.343 e. The third-order valence-electron chi connectivity index (χ3n) is 3.22. The summed E-state index contributed by atoms with van der Waals surface area (Å²) in [5.74, 6) is 0.943. The van der Waals surface area contributed by atoms with Crippen LogP contribution >= 0.6 is 11.5 Å². The van der Waals surface area contributed by atoms with Crippen molar-refractivity contribution in [2.24, 2.45) is 5.73 Å². The Hall–Kier alpha value is -0.680. The first kappa shape index (κ1) is 12.8. The quantitative estimate of drug-likeness (QED) is 0.894. The first-order valence-electron chi connectivity index (χ1n) is 6.33.